The van der Waals surface area contributed by atoms with E-state index < -0.39 is 10.0 Å². The van der Waals surface area contributed by atoms with Crippen molar-refractivity contribution in [2.45, 2.75) is 38.3 Å². The molecular weight excluding hydrogens is 290 g/mol. The SMILES string of the molecule is CC(=O)NCc1ccc(S(=O)(=O)NCCNC(C)C)cc1. The highest BCUT2D eigenvalue weighted by molar-refractivity contribution is 7.89. The molecule has 0 radical (unpaired) electrons. The minimum atomic E-state index is -3.48. The van der Waals surface area contributed by atoms with Crippen LogP contribution in [-0.2, 0) is 21.4 Å². The van der Waals surface area contributed by atoms with E-state index in [1.807, 2.05) is 13.8 Å². The Bertz CT molecular complexity index is 553. The van der Waals surface area contributed by atoms with Gasteiger partial charge in [0.25, 0.3) is 0 Å². The van der Waals surface area contributed by atoms with Gasteiger partial charge in [0.1, 0.15) is 0 Å². The van der Waals surface area contributed by atoms with E-state index in [0.717, 1.165) is 5.56 Å². The number of hydrogen-bond acceptors (Lipinski definition) is 4. The highest BCUT2D eigenvalue weighted by atomic mass is 32.2. The molecule has 0 fully saturated rings. The Morgan fingerprint density at radius 1 is 1.14 bits per heavy atom. The molecule has 0 saturated carbocycles. The predicted octanol–water partition coefficient (Wildman–Crippen LogP) is 0.599. The van der Waals surface area contributed by atoms with Gasteiger partial charge in [-0.2, -0.15) is 0 Å². The zero-order valence-corrected chi connectivity index (χ0v) is 13.5. The lowest BCUT2D eigenvalue weighted by Crippen LogP contribution is -2.34. The molecule has 1 aromatic carbocycles. The molecule has 6 nitrogen and oxygen atoms in total. The molecule has 0 aliphatic heterocycles. The first-order chi connectivity index (χ1) is 9.81. The standard InChI is InChI=1S/C14H23N3O3S/c1-11(2)15-8-9-17-21(19,20)14-6-4-13(5-7-14)10-16-12(3)18/h4-7,11,15,17H,8-10H2,1-3H3,(H,16,18). The molecule has 0 heterocycles. The largest absolute Gasteiger partial charge is 0.352 e. The summed E-state index contributed by atoms with van der Waals surface area (Å²) in [5.74, 6) is -0.119. The first-order valence-corrected chi connectivity index (χ1v) is 8.36. The number of nitrogens with one attached hydrogen (secondary N) is 3. The van der Waals surface area contributed by atoms with Gasteiger partial charge in [-0.15, -0.1) is 0 Å². The number of rotatable bonds is 8. The van der Waals surface area contributed by atoms with Crippen LogP contribution < -0.4 is 15.4 Å². The number of amides is 1. The first-order valence-electron chi connectivity index (χ1n) is 6.87. The Kier molecular flexibility index (Phi) is 6.80. The third-order valence-corrected chi connectivity index (χ3v) is 4.22. The Hall–Kier alpha value is -1.44. The smallest absolute Gasteiger partial charge is 0.240 e. The number of carbonyl (C=O) groups is 1. The van der Waals surface area contributed by atoms with E-state index in [4.69, 9.17) is 0 Å². The van der Waals surface area contributed by atoms with Crippen LogP contribution in [0.15, 0.2) is 29.2 Å². The van der Waals surface area contributed by atoms with Crippen molar-refractivity contribution in [2.24, 2.45) is 0 Å². The maximum atomic E-state index is 12.0. The summed E-state index contributed by atoms with van der Waals surface area (Å²) in [6.45, 7) is 6.76. The van der Waals surface area contributed by atoms with Crippen LogP contribution in [-0.4, -0.2) is 33.5 Å². The molecule has 0 bridgehead atoms. The lowest BCUT2D eigenvalue weighted by Gasteiger charge is -2.10. The van der Waals surface area contributed by atoms with E-state index >= 15 is 0 Å². The van der Waals surface area contributed by atoms with Crippen LogP contribution in [0.4, 0.5) is 0 Å². The number of hydrogen-bond donors (Lipinski definition) is 3. The fourth-order valence-electron chi connectivity index (χ4n) is 1.64. The Balaban J connectivity index is 2.56. The van der Waals surface area contributed by atoms with E-state index in [1.54, 1.807) is 12.1 Å². The molecule has 0 aromatic heterocycles. The van der Waals surface area contributed by atoms with E-state index in [9.17, 15) is 13.2 Å². The molecule has 0 atom stereocenters. The molecule has 1 aromatic rings. The third-order valence-electron chi connectivity index (χ3n) is 2.74. The van der Waals surface area contributed by atoms with Crippen LogP contribution in [0.25, 0.3) is 0 Å². The van der Waals surface area contributed by atoms with Crippen LogP contribution >= 0.6 is 0 Å². The highest BCUT2D eigenvalue weighted by Gasteiger charge is 2.12. The summed E-state index contributed by atoms with van der Waals surface area (Å²) in [6, 6.07) is 6.78. The maximum Gasteiger partial charge on any atom is 0.240 e. The molecule has 0 aliphatic carbocycles. The molecule has 1 amide bonds. The van der Waals surface area contributed by atoms with Crippen molar-refractivity contribution in [3.8, 4) is 0 Å². The molecule has 0 unspecified atom stereocenters. The van der Waals surface area contributed by atoms with Crippen molar-refractivity contribution < 1.29 is 13.2 Å². The lowest BCUT2D eigenvalue weighted by molar-refractivity contribution is -0.119. The molecule has 3 N–H and O–H groups in total. The normalized spacial score (nSPS) is 11.6. The summed E-state index contributed by atoms with van der Waals surface area (Å²) < 4.78 is 26.6. The summed E-state index contributed by atoms with van der Waals surface area (Å²) in [4.78, 5) is 11.0. The second-order valence-electron chi connectivity index (χ2n) is 5.06. The molecule has 118 valence electrons. The quantitative estimate of drug-likeness (QED) is 0.613. The van der Waals surface area contributed by atoms with E-state index in [0.29, 0.717) is 25.7 Å². The first kappa shape index (κ1) is 17.6. The topological polar surface area (TPSA) is 87.3 Å². The fraction of sp³-hybridized carbons (Fsp3) is 0.500. The molecule has 1 rings (SSSR count). The molecule has 21 heavy (non-hydrogen) atoms. The van der Waals surface area contributed by atoms with Gasteiger partial charge in [-0.05, 0) is 17.7 Å². The van der Waals surface area contributed by atoms with Gasteiger partial charge >= 0.3 is 0 Å². The van der Waals surface area contributed by atoms with Gasteiger partial charge < -0.3 is 10.6 Å². The van der Waals surface area contributed by atoms with Gasteiger partial charge in [-0.3, -0.25) is 4.79 Å². The molecule has 0 spiro atoms. The highest BCUT2D eigenvalue weighted by Crippen LogP contribution is 2.10. The van der Waals surface area contributed by atoms with E-state index in [1.165, 1.54) is 19.1 Å². The second kappa shape index (κ2) is 8.11. The molecular formula is C14H23N3O3S. The number of sulfonamides is 1. The Labute approximate surface area is 126 Å². The fourth-order valence-corrected chi connectivity index (χ4v) is 2.67. The van der Waals surface area contributed by atoms with Crippen LogP contribution in [0.3, 0.4) is 0 Å². The van der Waals surface area contributed by atoms with Gasteiger partial charge in [-0.1, -0.05) is 26.0 Å². The van der Waals surface area contributed by atoms with Gasteiger partial charge in [-0.25, -0.2) is 13.1 Å². The molecule has 0 saturated heterocycles. The second-order valence-corrected chi connectivity index (χ2v) is 6.83. The summed E-state index contributed by atoms with van der Waals surface area (Å²) >= 11 is 0. The third kappa shape index (κ3) is 6.70. The van der Waals surface area contributed by atoms with Gasteiger partial charge in [0.05, 0.1) is 4.90 Å². The minimum absolute atomic E-state index is 0.119. The summed E-state index contributed by atoms with van der Waals surface area (Å²) in [5.41, 5.74) is 0.852. The monoisotopic (exact) mass is 313 g/mol. The van der Waals surface area contributed by atoms with E-state index in [-0.39, 0.29) is 10.8 Å². The van der Waals surface area contributed by atoms with Crippen LogP contribution in [0.5, 0.6) is 0 Å². The summed E-state index contributed by atoms with van der Waals surface area (Å²) in [5, 5.41) is 5.80. The maximum absolute atomic E-state index is 12.0. The van der Waals surface area contributed by atoms with Gasteiger partial charge in [0.2, 0.25) is 15.9 Å². The molecule has 7 heteroatoms. The molecule has 0 aliphatic rings. The van der Waals surface area contributed by atoms with Crippen molar-refractivity contribution >= 4 is 15.9 Å². The average molecular weight is 313 g/mol. The Morgan fingerprint density at radius 3 is 2.29 bits per heavy atom. The average Bonchev–Trinajstić information content (AvgIpc) is 2.41. The van der Waals surface area contributed by atoms with Crippen LogP contribution in [0.2, 0.25) is 0 Å². The lowest BCUT2D eigenvalue weighted by atomic mass is 10.2. The number of benzene rings is 1. The van der Waals surface area contributed by atoms with Crippen LogP contribution in [0.1, 0.15) is 26.3 Å². The van der Waals surface area contributed by atoms with Crippen molar-refractivity contribution in [2.75, 3.05) is 13.1 Å². The van der Waals surface area contributed by atoms with Crippen molar-refractivity contribution in [1.29, 1.82) is 0 Å². The van der Waals surface area contributed by atoms with Crippen molar-refractivity contribution in [3.63, 3.8) is 0 Å². The van der Waals surface area contributed by atoms with E-state index in [2.05, 4.69) is 15.4 Å². The zero-order valence-electron chi connectivity index (χ0n) is 12.6. The van der Waals surface area contributed by atoms with Crippen LogP contribution in [0, 0.1) is 0 Å². The number of carbonyl (C=O) groups excluding carboxylic acids is 1. The minimum Gasteiger partial charge on any atom is -0.352 e. The van der Waals surface area contributed by atoms with Crippen molar-refractivity contribution in [1.82, 2.24) is 15.4 Å². The zero-order chi connectivity index (χ0) is 15.9. The van der Waals surface area contributed by atoms with Gasteiger partial charge in [0, 0.05) is 32.6 Å². The summed E-state index contributed by atoms with van der Waals surface area (Å²) in [7, 11) is -3.48. The summed E-state index contributed by atoms with van der Waals surface area (Å²) in [6.07, 6.45) is 0. The Morgan fingerprint density at radius 2 is 1.76 bits per heavy atom. The van der Waals surface area contributed by atoms with Gasteiger partial charge in [0.15, 0.2) is 0 Å². The predicted molar refractivity (Wildman–Crippen MR) is 82.3 cm³/mol. The van der Waals surface area contributed by atoms with Crippen molar-refractivity contribution in [3.05, 3.63) is 29.8 Å².